The third-order valence-electron chi connectivity index (χ3n) is 4.40. The maximum atomic E-state index is 12.3. The van der Waals surface area contributed by atoms with Crippen LogP contribution in [0.2, 0.25) is 0 Å². The minimum atomic E-state index is -0.426. The number of amides is 1. The summed E-state index contributed by atoms with van der Waals surface area (Å²) < 4.78 is 0. The third kappa shape index (κ3) is 4.39. The Morgan fingerprint density at radius 3 is 2.87 bits per heavy atom. The molecule has 0 bridgehead atoms. The summed E-state index contributed by atoms with van der Waals surface area (Å²) in [7, 11) is 0. The molecule has 5 heteroatoms. The molecule has 0 spiro atoms. The topological polar surface area (TPSA) is 53.4 Å². The molecule has 2 aromatic heterocycles. The average Bonchev–Trinajstić information content (AvgIpc) is 3.19. The number of aromatic nitrogens is 1. The van der Waals surface area contributed by atoms with Crippen molar-refractivity contribution >= 4 is 17.2 Å². The van der Waals surface area contributed by atoms with Gasteiger partial charge in [0, 0.05) is 42.7 Å². The van der Waals surface area contributed by atoms with Crippen molar-refractivity contribution in [1.82, 2.24) is 9.88 Å². The van der Waals surface area contributed by atoms with Gasteiger partial charge in [-0.3, -0.25) is 9.78 Å². The summed E-state index contributed by atoms with van der Waals surface area (Å²) in [5, 5.41) is 12.3. The van der Waals surface area contributed by atoms with E-state index in [-0.39, 0.29) is 11.8 Å². The van der Waals surface area contributed by atoms with Gasteiger partial charge in [0.25, 0.3) is 0 Å². The molecule has 122 valence electrons. The number of aryl methyl sites for hydroxylation is 1. The van der Waals surface area contributed by atoms with Gasteiger partial charge in [-0.15, -0.1) is 11.3 Å². The first-order valence-electron chi connectivity index (χ1n) is 8.09. The molecule has 0 aromatic carbocycles. The highest BCUT2D eigenvalue weighted by molar-refractivity contribution is 7.09. The summed E-state index contributed by atoms with van der Waals surface area (Å²) in [5.74, 6) is 0.288. The van der Waals surface area contributed by atoms with E-state index in [1.54, 1.807) is 23.7 Å². The molecule has 3 heterocycles. The molecule has 2 aromatic rings. The van der Waals surface area contributed by atoms with Crippen molar-refractivity contribution in [2.75, 3.05) is 13.1 Å². The molecule has 1 fully saturated rings. The summed E-state index contributed by atoms with van der Waals surface area (Å²) in [6.45, 7) is 1.12. The smallest absolute Gasteiger partial charge is 0.222 e. The normalized spacial score (nSPS) is 20.8. The van der Waals surface area contributed by atoms with Crippen LogP contribution < -0.4 is 0 Å². The average molecular weight is 330 g/mol. The number of hydrogen-bond acceptors (Lipinski definition) is 4. The number of carbonyl (C=O) groups excluding carboxylic acids is 1. The van der Waals surface area contributed by atoms with E-state index >= 15 is 0 Å². The Morgan fingerprint density at radius 2 is 2.13 bits per heavy atom. The van der Waals surface area contributed by atoms with Gasteiger partial charge in [-0.05, 0) is 48.4 Å². The van der Waals surface area contributed by atoms with Crippen molar-refractivity contribution < 1.29 is 9.90 Å². The standard InChI is InChI=1S/C18H22N2O2S/c21-17-13-20(12-15(17)11-14-6-8-19-9-7-14)18(22)5-1-3-16-4-2-10-23-16/h2,4,6-10,15,17,21H,1,3,5,11-13H2/t15-,17-/m1/s1. The molecule has 1 amide bonds. The molecule has 4 nitrogen and oxygen atoms in total. The SMILES string of the molecule is O=C(CCCc1cccs1)N1C[C@@H](Cc2ccncc2)[C@H](O)C1. The van der Waals surface area contributed by atoms with Crippen LogP contribution in [-0.2, 0) is 17.6 Å². The van der Waals surface area contributed by atoms with Crippen molar-refractivity contribution in [2.24, 2.45) is 5.92 Å². The van der Waals surface area contributed by atoms with Crippen LogP contribution in [0.15, 0.2) is 42.0 Å². The first-order chi connectivity index (χ1) is 11.2. The van der Waals surface area contributed by atoms with Crippen molar-refractivity contribution in [3.8, 4) is 0 Å². The largest absolute Gasteiger partial charge is 0.391 e. The summed E-state index contributed by atoms with van der Waals surface area (Å²) in [5.41, 5.74) is 1.16. The molecular formula is C18H22N2O2S. The molecule has 2 atom stereocenters. The second kappa shape index (κ2) is 7.70. The highest BCUT2D eigenvalue weighted by Gasteiger charge is 2.33. The molecule has 1 aliphatic rings. The van der Waals surface area contributed by atoms with Gasteiger partial charge in [0.15, 0.2) is 0 Å². The molecule has 23 heavy (non-hydrogen) atoms. The quantitative estimate of drug-likeness (QED) is 0.885. The van der Waals surface area contributed by atoms with Gasteiger partial charge in [0.1, 0.15) is 0 Å². The number of β-amino-alcohol motifs (C(OH)–C–C–N with tert-alkyl or cyclic N) is 1. The molecule has 0 unspecified atom stereocenters. The lowest BCUT2D eigenvalue weighted by Gasteiger charge is -2.16. The minimum absolute atomic E-state index is 0.124. The third-order valence-corrected chi connectivity index (χ3v) is 5.34. The summed E-state index contributed by atoms with van der Waals surface area (Å²) in [6.07, 6.45) is 6.30. The van der Waals surface area contributed by atoms with Gasteiger partial charge >= 0.3 is 0 Å². The van der Waals surface area contributed by atoms with E-state index in [1.165, 1.54) is 4.88 Å². The molecule has 0 saturated carbocycles. The second-order valence-electron chi connectivity index (χ2n) is 6.12. The highest BCUT2D eigenvalue weighted by Crippen LogP contribution is 2.22. The molecular weight excluding hydrogens is 308 g/mol. The second-order valence-corrected chi connectivity index (χ2v) is 7.15. The molecule has 0 radical (unpaired) electrons. The summed E-state index contributed by atoms with van der Waals surface area (Å²) in [6, 6.07) is 8.10. The van der Waals surface area contributed by atoms with E-state index in [0.29, 0.717) is 19.5 Å². The van der Waals surface area contributed by atoms with Crippen LogP contribution in [0.3, 0.4) is 0 Å². The van der Waals surface area contributed by atoms with Gasteiger partial charge in [0.05, 0.1) is 6.10 Å². The van der Waals surface area contributed by atoms with Crippen LogP contribution in [-0.4, -0.2) is 40.1 Å². The molecule has 0 aliphatic carbocycles. The predicted octanol–water partition coefficient (Wildman–Crippen LogP) is 2.53. The van der Waals surface area contributed by atoms with Crippen LogP contribution in [0.5, 0.6) is 0 Å². The lowest BCUT2D eigenvalue weighted by Crippen LogP contribution is -2.29. The van der Waals surface area contributed by atoms with Crippen molar-refractivity contribution in [3.63, 3.8) is 0 Å². The van der Waals surface area contributed by atoms with E-state index in [9.17, 15) is 9.90 Å². The molecule has 1 aliphatic heterocycles. The zero-order chi connectivity index (χ0) is 16.1. The van der Waals surface area contributed by atoms with Crippen molar-refractivity contribution in [2.45, 2.75) is 31.8 Å². The number of aliphatic hydroxyl groups is 1. The number of hydrogen-bond donors (Lipinski definition) is 1. The molecule has 1 N–H and O–H groups in total. The maximum absolute atomic E-state index is 12.3. The highest BCUT2D eigenvalue weighted by atomic mass is 32.1. The number of pyridine rings is 1. The van der Waals surface area contributed by atoms with Gasteiger partial charge in [-0.1, -0.05) is 6.07 Å². The summed E-state index contributed by atoms with van der Waals surface area (Å²) in [4.78, 5) is 19.5. The number of carbonyl (C=O) groups is 1. The Kier molecular flexibility index (Phi) is 5.41. The number of rotatable bonds is 6. The van der Waals surface area contributed by atoms with Crippen molar-refractivity contribution in [1.29, 1.82) is 0 Å². The van der Waals surface area contributed by atoms with E-state index in [4.69, 9.17) is 0 Å². The fourth-order valence-electron chi connectivity index (χ4n) is 3.11. The van der Waals surface area contributed by atoms with E-state index < -0.39 is 6.10 Å². The Labute approximate surface area is 140 Å². The van der Waals surface area contributed by atoms with Crippen LogP contribution in [0.25, 0.3) is 0 Å². The van der Waals surface area contributed by atoms with Crippen LogP contribution >= 0.6 is 11.3 Å². The fraction of sp³-hybridized carbons (Fsp3) is 0.444. The zero-order valence-electron chi connectivity index (χ0n) is 13.1. The van der Waals surface area contributed by atoms with Crippen LogP contribution in [0.1, 0.15) is 23.3 Å². The van der Waals surface area contributed by atoms with Gasteiger partial charge in [-0.25, -0.2) is 0 Å². The van der Waals surface area contributed by atoms with E-state index in [1.807, 2.05) is 23.1 Å². The first kappa shape index (κ1) is 16.1. The summed E-state index contributed by atoms with van der Waals surface area (Å²) >= 11 is 1.74. The van der Waals surface area contributed by atoms with Gasteiger partial charge < -0.3 is 10.0 Å². The Hall–Kier alpha value is -1.72. The number of nitrogens with zero attached hydrogens (tertiary/aromatic N) is 2. The number of likely N-dealkylation sites (tertiary alicyclic amines) is 1. The molecule has 3 rings (SSSR count). The van der Waals surface area contributed by atoms with Gasteiger partial charge in [-0.2, -0.15) is 0 Å². The van der Waals surface area contributed by atoms with E-state index in [2.05, 4.69) is 16.4 Å². The lowest BCUT2D eigenvalue weighted by atomic mass is 9.97. The predicted molar refractivity (Wildman–Crippen MR) is 91.3 cm³/mol. The Bertz CT molecular complexity index is 615. The molecule has 1 saturated heterocycles. The minimum Gasteiger partial charge on any atom is -0.391 e. The maximum Gasteiger partial charge on any atom is 0.222 e. The van der Waals surface area contributed by atoms with Gasteiger partial charge in [0.2, 0.25) is 5.91 Å². The first-order valence-corrected chi connectivity index (χ1v) is 8.97. The number of aliphatic hydroxyl groups excluding tert-OH is 1. The van der Waals surface area contributed by atoms with Crippen LogP contribution in [0.4, 0.5) is 0 Å². The van der Waals surface area contributed by atoms with Crippen LogP contribution in [0, 0.1) is 5.92 Å². The fourth-order valence-corrected chi connectivity index (χ4v) is 3.86. The lowest BCUT2D eigenvalue weighted by molar-refractivity contribution is -0.130. The Morgan fingerprint density at radius 1 is 1.30 bits per heavy atom. The van der Waals surface area contributed by atoms with E-state index in [0.717, 1.165) is 24.8 Å². The number of thiophene rings is 1. The zero-order valence-corrected chi connectivity index (χ0v) is 13.9. The van der Waals surface area contributed by atoms with Crippen molar-refractivity contribution in [3.05, 3.63) is 52.5 Å². The monoisotopic (exact) mass is 330 g/mol. The Balaban J connectivity index is 1.46.